The molecule has 2 aromatic heterocycles. The first-order chi connectivity index (χ1) is 18.6. The smallest absolute Gasteiger partial charge is 0.269 e. The first-order valence-electron chi connectivity index (χ1n) is 13.7. The number of carbonyl (C=O) groups excluding carboxylic acids is 1. The Morgan fingerprint density at radius 2 is 1.66 bits per heavy atom. The van der Waals surface area contributed by atoms with Crippen LogP contribution >= 0.6 is 0 Å². The number of carbonyl (C=O) groups is 1. The second-order valence-corrected chi connectivity index (χ2v) is 9.67. The summed E-state index contributed by atoms with van der Waals surface area (Å²) < 4.78 is 11.1. The topological polar surface area (TPSA) is 79.5 Å². The fraction of sp³-hybridized carbons (Fsp3) is 0.419. The van der Waals surface area contributed by atoms with Crippen LogP contribution in [0.4, 0.5) is 0 Å². The molecular formula is C31H40N4O3. The summed E-state index contributed by atoms with van der Waals surface area (Å²) >= 11 is 0. The van der Waals surface area contributed by atoms with E-state index in [1.165, 1.54) is 25.7 Å². The third-order valence-corrected chi connectivity index (χ3v) is 6.98. The summed E-state index contributed by atoms with van der Waals surface area (Å²) in [5, 5.41) is 5.10. The van der Waals surface area contributed by atoms with Crippen molar-refractivity contribution in [3.8, 4) is 22.8 Å². The molecule has 0 unspecified atom stereocenters. The molecule has 0 atom stereocenters. The van der Waals surface area contributed by atoms with Gasteiger partial charge in [0.1, 0.15) is 17.2 Å². The number of benzene rings is 2. The van der Waals surface area contributed by atoms with E-state index in [4.69, 9.17) is 14.5 Å². The minimum absolute atomic E-state index is 0.172. The molecule has 202 valence electrons. The Kier molecular flexibility index (Phi) is 9.60. The van der Waals surface area contributed by atoms with Crippen LogP contribution in [0.3, 0.4) is 0 Å². The number of ether oxygens (including phenoxy) is 2. The van der Waals surface area contributed by atoms with Crippen molar-refractivity contribution in [3.63, 3.8) is 0 Å². The van der Waals surface area contributed by atoms with E-state index in [-0.39, 0.29) is 5.91 Å². The second kappa shape index (κ2) is 13.3. The maximum Gasteiger partial charge on any atom is 0.269 e. The highest BCUT2D eigenvalue weighted by Gasteiger charge is 2.20. The van der Waals surface area contributed by atoms with Crippen LogP contribution < -0.4 is 14.8 Å². The van der Waals surface area contributed by atoms with Gasteiger partial charge in [0.2, 0.25) is 0 Å². The van der Waals surface area contributed by atoms with Crippen LogP contribution in [0.2, 0.25) is 0 Å². The van der Waals surface area contributed by atoms with Gasteiger partial charge in [-0.2, -0.15) is 0 Å². The summed E-state index contributed by atoms with van der Waals surface area (Å²) in [7, 11) is 3.27. The molecular weight excluding hydrogens is 476 g/mol. The molecule has 0 aliphatic carbocycles. The molecule has 0 aliphatic heterocycles. The Morgan fingerprint density at radius 1 is 0.921 bits per heavy atom. The molecule has 0 fully saturated rings. The van der Waals surface area contributed by atoms with Crippen molar-refractivity contribution in [1.29, 1.82) is 0 Å². The number of para-hydroxylation sites is 1. The van der Waals surface area contributed by atoms with Gasteiger partial charge in [0.15, 0.2) is 0 Å². The van der Waals surface area contributed by atoms with Crippen molar-refractivity contribution in [2.45, 2.75) is 46.0 Å². The molecule has 4 aromatic rings. The molecule has 0 aliphatic rings. The number of pyridine rings is 1. The number of amides is 1. The summed E-state index contributed by atoms with van der Waals surface area (Å²) in [5.74, 6) is 1.18. The highest BCUT2D eigenvalue weighted by Crippen LogP contribution is 2.38. The number of methoxy groups -OCH3 is 2. The molecule has 7 heteroatoms. The van der Waals surface area contributed by atoms with Gasteiger partial charge in [0.25, 0.3) is 5.91 Å². The molecule has 0 saturated heterocycles. The number of fused-ring (bicyclic) bond motifs is 3. The fourth-order valence-electron chi connectivity index (χ4n) is 4.85. The molecule has 0 saturated carbocycles. The van der Waals surface area contributed by atoms with Gasteiger partial charge in [0.05, 0.1) is 25.4 Å². The number of nitrogens with zero attached hydrogens (tertiary/aromatic N) is 2. The van der Waals surface area contributed by atoms with E-state index in [9.17, 15) is 4.79 Å². The standard InChI is InChI=1S/C31H40N4O3/c1-5-7-17-35(18-8-6-2)19-11-16-32-31(36)27-21-24-23-12-9-10-13-26(23)33-29(24)30(34-27)25-20-22(37-3)14-15-28(25)38-4/h9-10,12-15,20-21,33H,5-8,11,16-19H2,1-4H3,(H,32,36). The second-order valence-electron chi connectivity index (χ2n) is 9.67. The molecule has 1 amide bonds. The van der Waals surface area contributed by atoms with Gasteiger partial charge in [-0.15, -0.1) is 0 Å². The lowest BCUT2D eigenvalue weighted by Gasteiger charge is -2.21. The van der Waals surface area contributed by atoms with Crippen LogP contribution in [0.1, 0.15) is 56.4 Å². The summed E-state index contributed by atoms with van der Waals surface area (Å²) in [6, 6.07) is 15.6. The molecule has 2 aromatic carbocycles. The van der Waals surface area contributed by atoms with Gasteiger partial charge in [-0.1, -0.05) is 44.9 Å². The lowest BCUT2D eigenvalue weighted by atomic mass is 10.0. The highest BCUT2D eigenvalue weighted by atomic mass is 16.5. The molecule has 0 bridgehead atoms. The first kappa shape index (κ1) is 27.5. The Balaban J connectivity index is 1.62. The van der Waals surface area contributed by atoms with E-state index >= 15 is 0 Å². The van der Waals surface area contributed by atoms with Gasteiger partial charge < -0.3 is 24.7 Å². The van der Waals surface area contributed by atoms with Crippen LogP contribution in [0.5, 0.6) is 11.5 Å². The zero-order valence-electron chi connectivity index (χ0n) is 23.1. The van der Waals surface area contributed by atoms with E-state index < -0.39 is 0 Å². The number of aromatic amines is 1. The molecule has 2 N–H and O–H groups in total. The summed E-state index contributed by atoms with van der Waals surface area (Å²) in [6.07, 6.45) is 5.72. The van der Waals surface area contributed by atoms with Crippen molar-refractivity contribution in [2.75, 3.05) is 40.4 Å². The van der Waals surface area contributed by atoms with Crippen LogP contribution in [0.25, 0.3) is 33.1 Å². The maximum atomic E-state index is 13.3. The van der Waals surface area contributed by atoms with Crippen LogP contribution in [0, 0.1) is 0 Å². The fourth-order valence-corrected chi connectivity index (χ4v) is 4.85. The average molecular weight is 517 g/mol. The van der Waals surface area contributed by atoms with E-state index in [2.05, 4.69) is 35.1 Å². The zero-order chi connectivity index (χ0) is 26.9. The third-order valence-electron chi connectivity index (χ3n) is 6.98. The SMILES string of the molecule is CCCCN(CCCC)CCCNC(=O)c1cc2c([nH]c3ccccc32)c(-c2cc(OC)ccc2OC)n1. The van der Waals surface area contributed by atoms with Gasteiger partial charge in [-0.25, -0.2) is 4.98 Å². The van der Waals surface area contributed by atoms with Crippen molar-refractivity contribution in [2.24, 2.45) is 0 Å². The zero-order valence-corrected chi connectivity index (χ0v) is 23.1. The summed E-state index contributed by atoms with van der Waals surface area (Å²) in [4.78, 5) is 24.2. The van der Waals surface area contributed by atoms with Crippen LogP contribution in [-0.2, 0) is 0 Å². The van der Waals surface area contributed by atoms with E-state index in [1.807, 2.05) is 42.5 Å². The lowest BCUT2D eigenvalue weighted by molar-refractivity contribution is 0.0947. The Morgan fingerprint density at radius 3 is 2.37 bits per heavy atom. The summed E-state index contributed by atoms with van der Waals surface area (Å²) in [5.41, 5.74) is 3.66. The highest BCUT2D eigenvalue weighted by molar-refractivity contribution is 6.13. The maximum absolute atomic E-state index is 13.3. The van der Waals surface area contributed by atoms with Crippen LogP contribution in [-0.4, -0.2) is 61.2 Å². The molecule has 2 heterocycles. The lowest BCUT2D eigenvalue weighted by Crippen LogP contribution is -2.31. The Bertz CT molecular complexity index is 1360. The largest absolute Gasteiger partial charge is 0.497 e. The molecule has 0 radical (unpaired) electrons. The average Bonchev–Trinajstić information content (AvgIpc) is 3.34. The van der Waals surface area contributed by atoms with Gasteiger partial charge in [0, 0.05) is 28.4 Å². The van der Waals surface area contributed by atoms with E-state index in [0.29, 0.717) is 29.4 Å². The number of hydrogen-bond acceptors (Lipinski definition) is 5. The van der Waals surface area contributed by atoms with E-state index in [0.717, 1.165) is 53.4 Å². The van der Waals surface area contributed by atoms with Crippen molar-refractivity contribution in [1.82, 2.24) is 20.2 Å². The van der Waals surface area contributed by atoms with Crippen molar-refractivity contribution in [3.05, 3.63) is 54.2 Å². The number of aromatic nitrogens is 2. The molecule has 0 spiro atoms. The first-order valence-corrected chi connectivity index (χ1v) is 13.7. The number of unbranched alkanes of at least 4 members (excludes halogenated alkanes) is 2. The van der Waals surface area contributed by atoms with Crippen molar-refractivity contribution >= 4 is 27.7 Å². The molecule has 38 heavy (non-hydrogen) atoms. The number of hydrogen-bond donors (Lipinski definition) is 2. The summed E-state index contributed by atoms with van der Waals surface area (Å²) in [6.45, 7) is 8.29. The number of nitrogens with one attached hydrogen (secondary N) is 2. The number of H-pyrrole nitrogens is 1. The quantitative estimate of drug-likeness (QED) is 0.189. The van der Waals surface area contributed by atoms with Crippen LogP contribution in [0.15, 0.2) is 48.5 Å². The molecule has 4 rings (SSSR count). The normalized spacial score (nSPS) is 11.4. The monoisotopic (exact) mass is 516 g/mol. The van der Waals surface area contributed by atoms with E-state index in [1.54, 1.807) is 14.2 Å². The minimum Gasteiger partial charge on any atom is -0.497 e. The minimum atomic E-state index is -0.172. The Labute approximate surface area is 225 Å². The number of rotatable bonds is 14. The van der Waals surface area contributed by atoms with Gasteiger partial charge in [-0.3, -0.25) is 4.79 Å². The predicted octanol–water partition coefficient (Wildman–Crippen LogP) is 6.42. The Hall–Kier alpha value is -3.58. The predicted molar refractivity (Wildman–Crippen MR) is 155 cm³/mol. The molecule has 7 nitrogen and oxygen atoms in total. The van der Waals surface area contributed by atoms with Crippen molar-refractivity contribution < 1.29 is 14.3 Å². The van der Waals surface area contributed by atoms with Gasteiger partial charge >= 0.3 is 0 Å². The van der Waals surface area contributed by atoms with Gasteiger partial charge in [-0.05, 0) is 69.2 Å². The third kappa shape index (κ3) is 6.27.